The zero-order chi connectivity index (χ0) is 32.6. The standard InChI is InChI=1S/C36H40ClN3O4S/c1-26(2)23-38-36(42)34(22-29-11-7-5-8-12-29)39(24-30-17-15-27(3)16-18-30)35(41)25-40(33-20-19-31(37)21-28(33)4)45(43,44)32-13-9-6-10-14-32/h5-21,26,34H,22-25H2,1-4H3,(H,38,42). The third kappa shape index (κ3) is 8.96. The highest BCUT2D eigenvalue weighted by Crippen LogP contribution is 2.29. The van der Waals surface area contributed by atoms with E-state index < -0.39 is 28.5 Å². The molecule has 1 N–H and O–H groups in total. The van der Waals surface area contributed by atoms with Gasteiger partial charge in [-0.2, -0.15) is 0 Å². The van der Waals surface area contributed by atoms with Crippen LogP contribution in [0.5, 0.6) is 0 Å². The number of nitrogens with zero attached hydrogens (tertiary/aromatic N) is 2. The lowest BCUT2D eigenvalue weighted by Gasteiger charge is -2.34. The van der Waals surface area contributed by atoms with Crippen molar-refractivity contribution in [3.63, 3.8) is 0 Å². The van der Waals surface area contributed by atoms with Crippen LogP contribution >= 0.6 is 11.6 Å². The third-order valence-electron chi connectivity index (χ3n) is 7.47. The Morgan fingerprint density at radius 3 is 2.04 bits per heavy atom. The molecule has 0 bridgehead atoms. The predicted molar refractivity (Wildman–Crippen MR) is 181 cm³/mol. The van der Waals surface area contributed by atoms with Crippen LogP contribution in [0.15, 0.2) is 108 Å². The van der Waals surface area contributed by atoms with E-state index in [1.807, 2.05) is 75.4 Å². The molecule has 0 aliphatic rings. The molecule has 9 heteroatoms. The SMILES string of the molecule is Cc1ccc(CN(C(=O)CN(c2ccc(Cl)cc2C)S(=O)(=O)c2ccccc2)C(Cc2ccccc2)C(=O)NCC(C)C)cc1. The van der Waals surface area contributed by atoms with Crippen molar-refractivity contribution < 1.29 is 18.0 Å². The van der Waals surface area contributed by atoms with Crippen LogP contribution in [-0.4, -0.2) is 44.3 Å². The topological polar surface area (TPSA) is 86.8 Å². The molecular formula is C36H40ClN3O4S. The van der Waals surface area contributed by atoms with Crippen LogP contribution in [0.25, 0.3) is 0 Å². The Balaban J connectivity index is 1.81. The lowest BCUT2D eigenvalue weighted by atomic mass is 10.0. The molecule has 0 radical (unpaired) electrons. The Labute approximate surface area is 271 Å². The highest BCUT2D eigenvalue weighted by Gasteiger charge is 2.35. The summed E-state index contributed by atoms with van der Waals surface area (Å²) < 4.78 is 29.4. The molecule has 0 aliphatic carbocycles. The Morgan fingerprint density at radius 1 is 0.822 bits per heavy atom. The van der Waals surface area contributed by atoms with Crippen molar-refractivity contribution in [2.75, 3.05) is 17.4 Å². The average Bonchev–Trinajstić information content (AvgIpc) is 3.02. The van der Waals surface area contributed by atoms with Gasteiger partial charge in [-0.05, 0) is 66.8 Å². The van der Waals surface area contributed by atoms with Gasteiger partial charge >= 0.3 is 0 Å². The molecule has 1 atom stereocenters. The highest BCUT2D eigenvalue weighted by molar-refractivity contribution is 7.92. The summed E-state index contributed by atoms with van der Waals surface area (Å²) in [6.07, 6.45) is 0.258. The molecule has 0 heterocycles. The minimum Gasteiger partial charge on any atom is -0.354 e. The Hall–Kier alpha value is -4.14. The second-order valence-corrected chi connectivity index (χ2v) is 13.9. The molecule has 236 valence electrons. The third-order valence-corrected chi connectivity index (χ3v) is 9.48. The number of anilines is 1. The van der Waals surface area contributed by atoms with E-state index in [1.165, 1.54) is 17.0 Å². The van der Waals surface area contributed by atoms with Crippen molar-refractivity contribution in [1.82, 2.24) is 10.2 Å². The molecule has 0 fully saturated rings. The van der Waals surface area contributed by atoms with Gasteiger partial charge in [-0.15, -0.1) is 0 Å². The van der Waals surface area contributed by atoms with E-state index in [-0.39, 0.29) is 29.7 Å². The molecule has 0 spiro atoms. The average molecular weight is 646 g/mol. The Morgan fingerprint density at radius 2 is 1.44 bits per heavy atom. The predicted octanol–water partition coefficient (Wildman–Crippen LogP) is 6.56. The quantitative estimate of drug-likeness (QED) is 0.178. The number of benzene rings is 4. The first-order valence-electron chi connectivity index (χ1n) is 15.0. The van der Waals surface area contributed by atoms with Gasteiger partial charge in [0.05, 0.1) is 10.6 Å². The maximum Gasteiger partial charge on any atom is 0.264 e. The van der Waals surface area contributed by atoms with Gasteiger partial charge in [-0.25, -0.2) is 8.42 Å². The van der Waals surface area contributed by atoms with Crippen molar-refractivity contribution in [1.29, 1.82) is 0 Å². The molecule has 0 aromatic heterocycles. The largest absolute Gasteiger partial charge is 0.354 e. The summed E-state index contributed by atoms with van der Waals surface area (Å²) in [6, 6.07) is 29.2. The summed E-state index contributed by atoms with van der Waals surface area (Å²) in [5.74, 6) is -0.606. The number of amides is 2. The van der Waals surface area contributed by atoms with Crippen LogP contribution < -0.4 is 9.62 Å². The van der Waals surface area contributed by atoms with E-state index in [0.717, 1.165) is 21.0 Å². The number of halogens is 1. The van der Waals surface area contributed by atoms with Crippen molar-refractivity contribution >= 4 is 39.1 Å². The molecule has 4 aromatic carbocycles. The van der Waals surface area contributed by atoms with Crippen LogP contribution in [0.4, 0.5) is 5.69 Å². The van der Waals surface area contributed by atoms with Gasteiger partial charge in [0.1, 0.15) is 12.6 Å². The second kappa shape index (κ2) is 15.2. The van der Waals surface area contributed by atoms with Gasteiger partial charge in [-0.3, -0.25) is 13.9 Å². The number of sulfonamides is 1. The number of aryl methyl sites for hydroxylation is 2. The van der Waals surface area contributed by atoms with Crippen molar-refractivity contribution in [2.24, 2.45) is 5.92 Å². The van der Waals surface area contributed by atoms with Gasteiger partial charge < -0.3 is 10.2 Å². The normalized spacial score (nSPS) is 12.0. The van der Waals surface area contributed by atoms with E-state index in [4.69, 9.17) is 11.6 Å². The van der Waals surface area contributed by atoms with Crippen LogP contribution in [0.1, 0.15) is 36.1 Å². The van der Waals surface area contributed by atoms with Gasteiger partial charge in [0.15, 0.2) is 0 Å². The van der Waals surface area contributed by atoms with E-state index in [2.05, 4.69) is 5.32 Å². The van der Waals surface area contributed by atoms with Gasteiger partial charge in [0.25, 0.3) is 10.0 Å². The van der Waals surface area contributed by atoms with Crippen molar-refractivity contribution in [3.05, 3.63) is 130 Å². The Bertz CT molecular complexity index is 1700. The summed E-state index contributed by atoms with van der Waals surface area (Å²) in [4.78, 5) is 30.0. The molecule has 0 aliphatic heterocycles. The summed E-state index contributed by atoms with van der Waals surface area (Å²) in [5, 5.41) is 3.46. The number of hydrogen-bond donors (Lipinski definition) is 1. The fourth-order valence-electron chi connectivity index (χ4n) is 5.00. The fraction of sp³-hybridized carbons (Fsp3) is 0.278. The first kappa shape index (κ1) is 33.7. The zero-order valence-electron chi connectivity index (χ0n) is 26.1. The van der Waals surface area contributed by atoms with Crippen LogP contribution in [0.2, 0.25) is 5.02 Å². The monoisotopic (exact) mass is 645 g/mol. The molecule has 2 amide bonds. The maximum absolute atomic E-state index is 14.5. The second-order valence-electron chi connectivity index (χ2n) is 11.6. The highest BCUT2D eigenvalue weighted by atomic mass is 35.5. The number of hydrogen-bond acceptors (Lipinski definition) is 4. The summed E-state index contributed by atoms with van der Waals surface area (Å²) in [7, 11) is -4.18. The fourth-order valence-corrected chi connectivity index (χ4v) is 6.72. The minimum absolute atomic E-state index is 0.0488. The molecule has 0 saturated carbocycles. The summed E-state index contributed by atoms with van der Waals surface area (Å²) in [6.45, 7) is 7.77. The van der Waals surface area contributed by atoms with E-state index in [9.17, 15) is 18.0 Å². The zero-order valence-corrected chi connectivity index (χ0v) is 27.7. The lowest BCUT2D eigenvalue weighted by Crippen LogP contribution is -2.53. The van der Waals surface area contributed by atoms with Crippen LogP contribution in [0.3, 0.4) is 0 Å². The Kier molecular flexibility index (Phi) is 11.4. The summed E-state index contributed by atoms with van der Waals surface area (Å²) in [5.41, 5.74) is 3.69. The first-order chi connectivity index (χ1) is 21.5. The van der Waals surface area contributed by atoms with Crippen molar-refractivity contribution in [3.8, 4) is 0 Å². The van der Waals surface area contributed by atoms with Gasteiger partial charge in [0.2, 0.25) is 11.8 Å². The lowest BCUT2D eigenvalue weighted by molar-refractivity contribution is -0.140. The first-order valence-corrected chi connectivity index (χ1v) is 16.8. The van der Waals surface area contributed by atoms with Gasteiger partial charge in [-0.1, -0.05) is 104 Å². The molecular weight excluding hydrogens is 606 g/mol. The van der Waals surface area contributed by atoms with E-state index >= 15 is 0 Å². The summed E-state index contributed by atoms with van der Waals surface area (Å²) >= 11 is 6.23. The molecule has 0 saturated heterocycles. The van der Waals surface area contributed by atoms with Crippen LogP contribution in [0, 0.1) is 19.8 Å². The van der Waals surface area contributed by atoms with E-state index in [0.29, 0.717) is 22.8 Å². The molecule has 7 nitrogen and oxygen atoms in total. The molecule has 1 unspecified atom stereocenters. The maximum atomic E-state index is 14.5. The number of carbonyl (C=O) groups is 2. The smallest absolute Gasteiger partial charge is 0.264 e. The molecule has 45 heavy (non-hydrogen) atoms. The number of carbonyl (C=O) groups excluding carboxylic acids is 2. The number of nitrogens with one attached hydrogen (secondary N) is 1. The molecule has 4 aromatic rings. The van der Waals surface area contributed by atoms with Crippen LogP contribution in [-0.2, 0) is 32.6 Å². The number of rotatable bonds is 13. The van der Waals surface area contributed by atoms with E-state index in [1.54, 1.807) is 43.3 Å². The van der Waals surface area contributed by atoms with Gasteiger partial charge in [0, 0.05) is 24.5 Å². The van der Waals surface area contributed by atoms with Crippen molar-refractivity contribution in [2.45, 2.75) is 51.6 Å². The molecule has 4 rings (SSSR count). The minimum atomic E-state index is -4.18.